The molecule has 0 radical (unpaired) electrons. The number of fused-ring (bicyclic) bond motifs is 1. The number of nitrogens with zero attached hydrogens (tertiary/aromatic N) is 1. The highest BCUT2D eigenvalue weighted by Crippen LogP contribution is 2.45. The van der Waals surface area contributed by atoms with E-state index in [2.05, 4.69) is 13.8 Å². The van der Waals surface area contributed by atoms with Crippen molar-refractivity contribution < 1.29 is 23.9 Å². The Kier molecular flexibility index (Phi) is 6.64. The number of hydrogen-bond donors (Lipinski definition) is 0. The predicted octanol–water partition coefficient (Wildman–Crippen LogP) is 3.64. The number of hydrogen-bond acceptors (Lipinski definition) is 5. The fourth-order valence-corrected chi connectivity index (χ4v) is 4.58. The molecule has 1 aliphatic heterocycles. The Morgan fingerprint density at radius 1 is 1.27 bits per heavy atom. The van der Waals surface area contributed by atoms with Crippen LogP contribution < -0.4 is 0 Å². The SMILES string of the molecule is COC1=CC(=O)c2ccccc2[C@]1(CCC(C)C)C(=O)N1CCC[C@@H]1COC(C)=O. The van der Waals surface area contributed by atoms with Gasteiger partial charge < -0.3 is 14.4 Å². The third-order valence-corrected chi connectivity index (χ3v) is 6.13. The summed E-state index contributed by atoms with van der Waals surface area (Å²) in [5.41, 5.74) is 0.201. The van der Waals surface area contributed by atoms with Gasteiger partial charge in [-0.15, -0.1) is 0 Å². The van der Waals surface area contributed by atoms with Crippen molar-refractivity contribution in [2.75, 3.05) is 20.3 Å². The molecule has 162 valence electrons. The quantitative estimate of drug-likeness (QED) is 0.638. The Labute approximate surface area is 178 Å². The van der Waals surface area contributed by atoms with Crippen LogP contribution in [0.1, 0.15) is 62.4 Å². The Morgan fingerprint density at radius 3 is 2.67 bits per heavy atom. The molecular formula is C24H31NO5. The molecule has 0 unspecified atom stereocenters. The molecule has 0 saturated carbocycles. The highest BCUT2D eigenvalue weighted by atomic mass is 16.5. The van der Waals surface area contributed by atoms with Gasteiger partial charge in [-0.25, -0.2) is 0 Å². The van der Waals surface area contributed by atoms with Crippen LogP contribution >= 0.6 is 0 Å². The number of likely N-dealkylation sites (tertiary alicyclic amines) is 1. The topological polar surface area (TPSA) is 72.9 Å². The van der Waals surface area contributed by atoms with Gasteiger partial charge in [-0.05, 0) is 37.2 Å². The summed E-state index contributed by atoms with van der Waals surface area (Å²) >= 11 is 0. The summed E-state index contributed by atoms with van der Waals surface area (Å²) < 4.78 is 10.9. The number of amides is 1. The summed E-state index contributed by atoms with van der Waals surface area (Å²) in [6, 6.07) is 7.16. The van der Waals surface area contributed by atoms with E-state index >= 15 is 0 Å². The molecule has 6 heteroatoms. The van der Waals surface area contributed by atoms with Gasteiger partial charge in [0.15, 0.2) is 5.78 Å². The second-order valence-electron chi connectivity index (χ2n) is 8.56. The molecule has 1 aromatic rings. The molecule has 0 bridgehead atoms. The van der Waals surface area contributed by atoms with E-state index in [1.807, 2.05) is 23.1 Å². The number of carbonyl (C=O) groups is 3. The Morgan fingerprint density at radius 2 is 2.00 bits per heavy atom. The molecule has 2 atom stereocenters. The number of allylic oxidation sites excluding steroid dienone is 1. The Hall–Kier alpha value is -2.63. The largest absolute Gasteiger partial charge is 0.499 e. The summed E-state index contributed by atoms with van der Waals surface area (Å²) in [6.07, 6.45) is 4.45. The molecule has 0 spiro atoms. The smallest absolute Gasteiger partial charge is 0.302 e. The lowest BCUT2D eigenvalue weighted by atomic mass is 9.67. The first kappa shape index (κ1) is 22.1. The minimum Gasteiger partial charge on any atom is -0.499 e. The zero-order valence-electron chi connectivity index (χ0n) is 18.3. The van der Waals surface area contributed by atoms with Crippen LogP contribution in [0.2, 0.25) is 0 Å². The van der Waals surface area contributed by atoms with Gasteiger partial charge in [0.2, 0.25) is 5.91 Å². The van der Waals surface area contributed by atoms with Crippen LogP contribution in [0.5, 0.6) is 0 Å². The first-order valence-electron chi connectivity index (χ1n) is 10.7. The molecule has 30 heavy (non-hydrogen) atoms. The summed E-state index contributed by atoms with van der Waals surface area (Å²) in [5.74, 6) is 0.206. The highest BCUT2D eigenvalue weighted by molar-refractivity contribution is 6.11. The third kappa shape index (κ3) is 4.00. The van der Waals surface area contributed by atoms with Crippen LogP contribution in [0.4, 0.5) is 0 Å². The van der Waals surface area contributed by atoms with Crippen LogP contribution in [-0.2, 0) is 24.5 Å². The molecule has 1 saturated heterocycles. The monoisotopic (exact) mass is 413 g/mol. The zero-order valence-corrected chi connectivity index (χ0v) is 18.3. The first-order chi connectivity index (χ1) is 14.3. The molecular weight excluding hydrogens is 382 g/mol. The van der Waals surface area contributed by atoms with Gasteiger partial charge in [0.05, 0.1) is 13.2 Å². The highest BCUT2D eigenvalue weighted by Gasteiger charge is 2.52. The van der Waals surface area contributed by atoms with Gasteiger partial charge in [0, 0.05) is 25.1 Å². The molecule has 1 amide bonds. The fraction of sp³-hybridized carbons (Fsp3) is 0.542. The molecule has 0 N–H and O–H groups in total. The summed E-state index contributed by atoms with van der Waals surface area (Å²) in [6.45, 7) is 6.40. The van der Waals surface area contributed by atoms with Crippen LogP contribution in [0.15, 0.2) is 36.1 Å². The molecule has 1 aliphatic carbocycles. The number of methoxy groups -OCH3 is 1. The molecule has 2 aliphatic rings. The van der Waals surface area contributed by atoms with E-state index < -0.39 is 5.41 Å². The number of esters is 1. The summed E-state index contributed by atoms with van der Waals surface area (Å²) in [5, 5.41) is 0. The molecule has 0 aromatic heterocycles. The average molecular weight is 414 g/mol. The third-order valence-electron chi connectivity index (χ3n) is 6.13. The van der Waals surface area contributed by atoms with Crippen LogP contribution in [0.25, 0.3) is 0 Å². The maximum Gasteiger partial charge on any atom is 0.302 e. The number of carbonyl (C=O) groups excluding carboxylic acids is 3. The lowest BCUT2D eigenvalue weighted by Gasteiger charge is -2.41. The minimum absolute atomic E-state index is 0.0779. The van der Waals surface area contributed by atoms with Crippen LogP contribution in [-0.4, -0.2) is 48.9 Å². The number of rotatable bonds is 7. The molecule has 1 fully saturated rings. The standard InChI is InChI=1S/C24H31NO5/c1-16(2)11-12-24(23(28)25-13-7-8-18(25)15-30-17(3)26)20-10-6-5-9-19(20)21(27)14-22(24)29-4/h5-6,9-10,14,16,18H,7-8,11-13,15H2,1-4H3/t18-,24+/m1/s1. The van der Waals surface area contributed by atoms with E-state index in [1.54, 1.807) is 6.07 Å². The van der Waals surface area contributed by atoms with E-state index in [0.717, 1.165) is 19.3 Å². The van der Waals surface area contributed by atoms with E-state index in [0.29, 0.717) is 35.8 Å². The number of ketones is 1. The minimum atomic E-state index is -1.05. The zero-order chi connectivity index (χ0) is 21.9. The Balaban J connectivity index is 2.09. The van der Waals surface area contributed by atoms with Crippen molar-refractivity contribution in [3.63, 3.8) is 0 Å². The molecule has 6 nitrogen and oxygen atoms in total. The number of benzene rings is 1. The Bertz CT molecular complexity index is 859. The summed E-state index contributed by atoms with van der Waals surface area (Å²) in [7, 11) is 1.52. The van der Waals surface area contributed by atoms with Gasteiger partial charge in [-0.3, -0.25) is 14.4 Å². The van der Waals surface area contributed by atoms with E-state index in [1.165, 1.54) is 20.1 Å². The van der Waals surface area contributed by atoms with Gasteiger partial charge in [0.25, 0.3) is 0 Å². The van der Waals surface area contributed by atoms with Crippen molar-refractivity contribution in [1.29, 1.82) is 0 Å². The van der Waals surface area contributed by atoms with E-state index in [-0.39, 0.29) is 30.3 Å². The maximum absolute atomic E-state index is 14.2. The molecule has 1 aromatic carbocycles. The first-order valence-corrected chi connectivity index (χ1v) is 10.7. The molecule has 3 rings (SSSR count). The summed E-state index contributed by atoms with van der Waals surface area (Å²) in [4.78, 5) is 40.1. The van der Waals surface area contributed by atoms with Crippen molar-refractivity contribution >= 4 is 17.7 Å². The van der Waals surface area contributed by atoms with Crippen molar-refractivity contribution in [3.8, 4) is 0 Å². The van der Waals surface area contributed by atoms with Crippen molar-refractivity contribution in [2.24, 2.45) is 5.92 Å². The lowest BCUT2D eigenvalue weighted by Crippen LogP contribution is -2.53. The predicted molar refractivity (Wildman–Crippen MR) is 113 cm³/mol. The van der Waals surface area contributed by atoms with Crippen LogP contribution in [0, 0.1) is 5.92 Å². The van der Waals surface area contributed by atoms with Gasteiger partial charge >= 0.3 is 5.97 Å². The second kappa shape index (κ2) is 9.02. The van der Waals surface area contributed by atoms with Crippen molar-refractivity contribution in [3.05, 3.63) is 47.2 Å². The second-order valence-corrected chi connectivity index (χ2v) is 8.56. The average Bonchev–Trinajstić information content (AvgIpc) is 3.19. The van der Waals surface area contributed by atoms with Gasteiger partial charge in [-0.2, -0.15) is 0 Å². The lowest BCUT2D eigenvalue weighted by molar-refractivity contribution is -0.147. The van der Waals surface area contributed by atoms with Crippen molar-refractivity contribution in [1.82, 2.24) is 4.90 Å². The van der Waals surface area contributed by atoms with E-state index in [9.17, 15) is 14.4 Å². The normalized spacial score (nSPS) is 23.2. The van der Waals surface area contributed by atoms with E-state index in [4.69, 9.17) is 9.47 Å². The maximum atomic E-state index is 14.2. The van der Waals surface area contributed by atoms with Gasteiger partial charge in [-0.1, -0.05) is 38.1 Å². The van der Waals surface area contributed by atoms with Crippen LogP contribution in [0.3, 0.4) is 0 Å². The number of ether oxygens (including phenoxy) is 2. The molecule has 1 heterocycles. The van der Waals surface area contributed by atoms with Gasteiger partial charge in [0.1, 0.15) is 17.8 Å². The van der Waals surface area contributed by atoms with Crippen molar-refractivity contribution in [2.45, 2.75) is 57.9 Å². The fourth-order valence-electron chi connectivity index (χ4n) is 4.58.